The van der Waals surface area contributed by atoms with E-state index in [0.717, 1.165) is 6.07 Å². The summed E-state index contributed by atoms with van der Waals surface area (Å²) in [5, 5.41) is 12.5. The van der Waals surface area contributed by atoms with Crippen LogP contribution in [0.5, 0.6) is 0 Å². The lowest BCUT2D eigenvalue weighted by Crippen LogP contribution is -2.45. The second kappa shape index (κ2) is 10.3. The summed E-state index contributed by atoms with van der Waals surface area (Å²) in [5.41, 5.74) is -1.32. The van der Waals surface area contributed by atoms with Crippen LogP contribution in [0.3, 0.4) is 0 Å². The van der Waals surface area contributed by atoms with Crippen molar-refractivity contribution in [2.75, 3.05) is 5.32 Å². The minimum atomic E-state index is -4.05. The number of rotatable bonds is 4. The van der Waals surface area contributed by atoms with Crippen LogP contribution in [0.1, 0.15) is 41.7 Å². The van der Waals surface area contributed by atoms with Crippen molar-refractivity contribution in [1.82, 2.24) is 4.98 Å². The van der Waals surface area contributed by atoms with E-state index in [1.807, 2.05) is 0 Å². The van der Waals surface area contributed by atoms with Crippen molar-refractivity contribution < 1.29 is 31.5 Å². The number of halogens is 4. The van der Waals surface area contributed by atoms with Crippen LogP contribution >= 0.6 is 11.6 Å². The minimum absolute atomic E-state index is 0.0828. The van der Waals surface area contributed by atoms with E-state index in [-0.39, 0.29) is 45.8 Å². The molecule has 2 N–H and O–H groups in total. The van der Waals surface area contributed by atoms with E-state index in [1.165, 1.54) is 12.1 Å². The molecule has 3 aromatic rings. The topological polar surface area (TPSA) is 96.4 Å². The molecule has 4 atom stereocenters. The number of aliphatic hydroxyl groups is 1. The Morgan fingerprint density at radius 3 is 2.33 bits per heavy atom. The number of nitrogens with zero attached hydrogens (tertiary/aromatic N) is 1. The van der Waals surface area contributed by atoms with Gasteiger partial charge in [0.05, 0.1) is 15.2 Å². The van der Waals surface area contributed by atoms with Gasteiger partial charge in [0.25, 0.3) is 5.91 Å². The van der Waals surface area contributed by atoms with E-state index in [0.29, 0.717) is 30.7 Å². The van der Waals surface area contributed by atoms with Gasteiger partial charge in [0.1, 0.15) is 11.3 Å². The van der Waals surface area contributed by atoms with Crippen LogP contribution in [-0.4, -0.2) is 35.3 Å². The number of pyridine rings is 1. The predicted octanol–water partition coefficient (Wildman–Crippen LogP) is 5.15. The average Bonchev–Trinajstić information content (AvgIpc) is 3.20. The van der Waals surface area contributed by atoms with Crippen molar-refractivity contribution in [2.45, 2.75) is 41.4 Å². The highest BCUT2D eigenvalue weighted by molar-refractivity contribution is 7.92. The lowest BCUT2D eigenvalue weighted by atomic mass is 9.77. The number of sulfone groups is 1. The Bertz CT molecular complexity index is 1590. The Hall–Kier alpha value is -3.39. The second-order valence-electron chi connectivity index (χ2n) is 9.87. The largest absolute Gasteiger partial charge is 0.378 e. The second-order valence-corrected chi connectivity index (χ2v) is 12.3. The molecule has 0 aliphatic heterocycles. The molecule has 1 unspecified atom stereocenters. The van der Waals surface area contributed by atoms with Gasteiger partial charge in [0.2, 0.25) is 0 Å². The predicted molar refractivity (Wildman–Crippen MR) is 138 cm³/mol. The van der Waals surface area contributed by atoms with Gasteiger partial charge in [0, 0.05) is 29.6 Å². The van der Waals surface area contributed by atoms with Gasteiger partial charge in [-0.05, 0) is 73.8 Å². The van der Waals surface area contributed by atoms with Gasteiger partial charge in [-0.2, -0.15) is 0 Å². The Morgan fingerprint density at radius 1 is 1.05 bits per heavy atom. The van der Waals surface area contributed by atoms with E-state index in [2.05, 4.69) is 22.1 Å². The summed E-state index contributed by atoms with van der Waals surface area (Å²) in [5.74, 6) is -0.501. The Balaban J connectivity index is 1.39. The molecule has 202 valence electrons. The highest BCUT2D eigenvalue weighted by atomic mass is 35.5. The molecule has 2 aromatic carbocycles. The Labute approximate surface area is 228 Å². The highest BCUT2D eigenvalue weighted by Gasteiger charge is 2.54. The molecule has 0 radical (unpaired) electrons. The van der Waals surface area contributed by atoms with Gasteiger partial charge in [-0.15, -0.1) is 0 Å². The van der Waals surface area contributed by atoms with Crippen LogP contribution in [0.4, 0.5) is 18.9 Å². The molecular formula is C28H22ClF3N2O4S. The van der Waals surface area contributed by atoms with Crippen molar-refractivity contribution in [3.63, 3.8) is 0 Å². The van der Waals surface area contributed by atoms with E-state index in [1.54, 1.807) is 24.4 Å². The van der Waals surface area contributed by atoms with Crippen LogP contribution in [0, 0.1) is 41.1 Å². The molecule has 2 bridgehead atoms. The third-order valence-electron chi connectivity index (χ3n) is 7.23. The summed E-state index contributed by atoms with van der Waals surface area (Å²) in [4.78, 5) is 16.6. The first kappa shape index (κ1) is 27.2. The van der Waals surface area contributed by atoms with Crippen LogP contribution < -0.4 is 5.32 Å². The van der Waals surface area contributed by atoms with Gasteiger partial charge in [0.15, 0.2) is 27.3 Å². The van der Waals surface area contributed by atoms with Crippen LogP contribution in [0.15, 0.2) is 59.6 Å². The fourth-order valence-corrected chi connectivity index (χ4v) is 8.44. The monoisotopic (exact) mass is 574 g/mol. The van der Waals surface area contributed by atoms with E-state index in [4.69, 9.17) is 11.6 Å². The molecule has 1 amide bonds. The van der Waals surface area contributed by atoms with Crippen LogP contribution in [-0.2, 0) is 9.84 Å². The Kier molecular flexibility index (Phi) is 7.18. The first-order valence-corrected chi connectivity index (χ1v) is 14.1. The quantitative estimate of drug-likeness (QED) is 0.332. The van der Waals surface area contributed by atoms with Gasteiger partial charge in [-0.3, -0.25) is 4.79 Å². The van der Waals surface area contributed by atoms with E-state index in [9.17, 15) is 31.5 Å². The van der Waals surface area contributed by atoms with Gasteiger partial charge < -0.3 is 10.4 Å². The Morgan fingerprint density at radius 2 is 1.72 bits per heavy atom. The fourth-order valence-electron chi connectivity index (χ4n) is 5.59. The number of carbonyl (C=O) groups is 1. The maximum absolute atomic E-state index is 13.8. The summed E-state index contributed by atoms with van der Waals surface area (Å²) in [7, 11) is -4.05. The SMILES string of the molecule is O=C(Nc1cc(F)c(F)c(F)c1)c1ccc(Cl)c(S(=O)(=O)[C@H]2C3CC[C@H]2C[C@@](O)(C#Cc2ccccn2)C3)c1. The summed E-state index contributed by atoms with van der Waals surface area (Å²) in [6.07, 6.45) is 3.08. The summed E-state index contributed by atoms with van der Waals surface area (Å²) < 4.78 is 68.0. The van der Waals surface area contributed by atoms with Crippen LogP contribution in [0.2, 0.25) is 5.02 Å². The molecular weight excluding hydrogens is 553 g/mol. The van der Waals surface area contributed by atoms with Crippen molar-refractivity contribution in [1.29, 1.82) is 0 Å². The lowest BCUT2D eigenvalue weighted by molar-refractivity contribution is 0.0340. The van der Waals surface area contributed by atoms with Gasteiger partial charge in [-0.25, -0.2) is 26.6 Å². The number of amides is 1. The molecule has 1 aromatic heterocycles. The average molecular weight is 575 g/mol. The van der Waals surface area contributed by atoms with Gasteiger partial charge >= 0.3 is 0 Å². The van der Waals surface area contributed by atoms with Crippen molar-refractivity contribution in [3.05, 3.63) is 88.5 Å². The fraction of sp³-hybridized carbons (Fsp3) is 0.286. The molecule has 0 saturated heterocycles. The zero-order valence-electron chi connectivity index (χ0n) is 20.3. The standard InChI is InChI=1S/C28H22ClF3N2O4S/c29-21-7-6-16(27(35)34-20-12-22(30)25(32)23(31)13-20)11-24(21)39(37,38)26-17-4-5-18(26)15-28(36,14-17)9-8-19-3-1-2-10-33-19/h1-3,6-7,10-13,17-18,26,36H,4-5,14-15H2,(H,34,35)/t17-,18?,26+,28-/m0/s1. The number of fused-ring (bicyclic) bond motifs is 2. The summed E-state index contributed by atoms with van der Waals surface area (Å²) in [6, 6.07) is 10.1. The third kappa shape index (κ3) is 5.39. The molecule has 5 rings (SSSR count). The first-order chi connectivity index (χ1) is 18.5. The molecule has 1 heterocycles. The summed E-state index contributed by atoms with van der Waals surface area (Å²) >= 11 is 6.28. The number of anilines is 1. The molecule has 2 fully saturated rings. The number of nitrogens with one attached hydrogen (secondary N) is 1. The first-order valence-electron chi connectivity index (χ1n) is 12.1. The van der Waals surface area contributed by atoms with Crippen LogP contribution in [0.25, 0.3) is 0 Å². The number of aromatic nitrogens is 1. The molecule has 2 aliphatic carbocycles. The number of hydrogen-bond donors (Lipinski definition) is 2. The van der Waals surface area contributed by atoms with E-state index < -0.39 is 44.0 Å². The molecule has 2 aliphatic rings. The minimum Gasteiger partial charge on any atom is -0.378 e. The van der Waals surface area contributed by atoms with Crippen molar-refractivity contribution in [3.8, 4) is 11.8 Å². The van der Waals surface area contributed by atoms with Gasteiger partial charge in [-0.1, -0.05) is 23.6 Å². The number of hydrogen-bond acceptors (Lipinski definition) is 5. The molecule has 2 saturated carbocycles. The van der Waals surface area contributed by atoms with Crippen molar-refractivity contribution in [2.24, 2.45) is 11.8 Å². The van der Waals surface area contributed by atoms with E-state index >= 15 is 0 Å². The lowest BCUT2D eigenvalue weighted by Gasteiger charge is -2.38. The zero-order valence-corrected chi connectivity index (χ0v) is 21.9. The smallest absolute Gasteiger partial charge is 0.255 e. The molecule has 39 heavy (non-hydrogen) atoms. The number of benzene rings is 2. The summed E-state index contributed by atoms with van der Waals surface area (Å²) in [6.45, 7) is 0. The third-order valence-corrected chi connectivity index (χ3v) is 10.1. The molecule has 6 nitrogen and oxygen atoms in total. The molecule has 11 heteroatoms. The highest BCUT2D eigenvalue weighted by Crippen LogP contribution is 2.51. The van der Waals surface area contributed by atoms with Crippen molar-refractivity contribution >= 4 is 33.0 Å². The maximum atomic E-state index is 13.8. The zero-order chi connectivity index (χ0) is 27.9. The normalized spacial score (nSPS) is 24.1. The maximum Gasteiger partial charge on any atom is 0.255 e. The number of carbonyl (C=O) groups excluding carboxylic acids is 1. The molecule has 0 spiro atoms.